The summed E-state index contributed by atoms with van der Waals surface area (Å²) in [5, 5.41) is 9.23. The van der Waals surface area contributed by atoms with Crippen LogP contribution < -0.4 is 0 Å². The van der Waals surface area contributed by atoms with Crippen molar-refractivity contribution in [3.63, 3.8) is 0 Å². The number of amides is 1. The zero-order valence-corrected chi connectivity index (χ0v) is 13.9. The fourth-order valence-electron chi connectivity index (χ4n) is 3.09. The predicted octanol–water partition coefficient (Wildman–Crippen LogP) is 2.92. The molecule has 0 spiro atoms. The van der Waals surface area contributed by atoms with Crippen molar-refractivity contribution in [3.05, 3.63) is 71.3 Å². The normalized spacial score (nSPS) is 17.3. The Kier molecular flexibility index (Phi) is 5.46. The number of benzene rings is 2. The summed E-state index contributed by atoms with van der Waals surface area (Å²) in [5.41, 5.74) is 2.02. The van der Waals surface area contributed by atoms with E-state index >= 15 is 0 Å². The van der Waals surface area contributed by atoms with Gasteiger partial charge in [-0.1, -0.05) is 48.5 Å². The van der Waals surface area contributed by atoms with Crippen molar-refractivity contribution in [1.82, 2.24) is 4.90 Å². The molecule has 1 fully saturated rings. The van der Waals surface area contributed by atoms with Gasteiger partial charge in [-0.3, -0.25) is 4.79 Å². The number of aromatic carboxylic acids is 1. The van der Waals surface area contributed by atoms with Gasteiger partial charge in [-0.05, 0) is 23.6 Å². The third kappa shape index (κ3) is 4.25. The first kappa shape index (κ1) is 17.2. The van der Waals surface area contributed by atoms with Crippen LogP contribution >= 0.6 is 0 Å². The molecular formula is C20H21NO4. The fourth-order valence-corrected chi connectivity index (χ4v) is 3.09. The van der Waals surface area contributed by atoms with Gasteiger partial charge in [-0.2, -0.15) is 0 Å². The SMILES string of the molecule is O=C(O)c1ccccc1CCC(=O)N1CCOC(c2ccccc2)C1. The van der Waals surface area contributed by atoms with Crippen molar-refractivity contribution in [1.29, 1.82) is 0 Å². The highest BCUT2D eigenvalue weighted by molar-refractivity contribution is 5.89. The number of carboxylic acids is 1. The van der Waals surface area contributed by atoms with E-state index in [0.29, 0.717) is 38.1 Å². The van der Waals surface area contributed by atoms with E-state index in [1.807, 2.05) is 35.2 Å². The lowest BCUT2D eigenvalue weighted by Gasteiger charge is -2.33. The Bertz CT molecular complexity index is 744. The van der Waals surface area contributed by atoms with Crippen molar-refractivity contribution in [2.24, 2.45) is 0 Å². The maximum Gasteiger partial charge on any atom is 0.335 e. The topological polar surface area (TPSA) is 66.8 Å². The van der Waals surface area contributed by atoms with E-state index in [1.54, 1.807) is 24.3 Å². The second-order valence-corrected chi connectivity index (χ2v) is 6.07. The molecule has 5 nitrogen and oxygen atoms in total. The quantitative estimate of drug-likeness (QED) is 0.909. The smallest absolute Gasteiger partial charge is 0.335 e. The van der Waals surface area contributed by atoms with Crippen molar-refractivity contribution in [2.75, 3.05) is 19.7 Å². The van der Waals surface area contributed by atoms with E-state index in [9.17, 15) is 14.7 Å². The summed E-state index contributed by atoms with van der Waals surface area (Å²) in [6.07, 6.45) is 0.616. The molecule has 0 aliphatic carbocycles. The number of hydrogen-bond acceptors (Lipinski definition) is 3. The average Bonchev–Trinajstić information content (AvgIpc) is 2.67. The van der Waals surface area contributed by atoms with Crippen molar-refractivity contribution >= 4 is 11.9 Å². The number of morpholine rings is 1. The molecule has 1 aliphatic rings. The number of nitrogens with zero attached hydrogens (tertiary/aromatic N) is 1. The minimum absolute atomic E-state index is 0.0319. The monoisotopic (exact) mass is 339 g/mol. The van der Waals surface area contributed by atoms with Crippen LogP contribution in [-0.4, -0.2) is 41.6 Å². The maximum atomic E-state index is 12.6. The summed E-state index contributed by atoms with van der Waals surface area (Å²) in [4.78, 5) is 25.6. The molecule has 5 heteroatoms. The minimum Gasteiger partial charge on any atom is -0.478 e. The molecule has 3 rings (SSSR count). The first-order valence-electron chi connectivity index (χ1n) is 8.40. The van der Waals surface area contributed by atoms with E-state index in [4.69, 9.17) is 4.74 Å². The van der Waals surface area contributed by atoms with E-state index in [1.165, 1.54) is 0 Å². The summed E-state index contributed by atoms with van der Waals surface area (Å²) in [5.74, 6) is -0.928. The van der Waals surface area contributed by atoms with Crippen molar-refractivity contribution in [3.8, 4) is 0 Å². The van der Waals surface area contributed by atoms with Crippen LogP contribution in [0.15, 0.2) is 54.6 Å². The van der Waals surface area contributed by atoms with Gasteiger partial charge in [-0.15, -0.1) is 0 Å². The Morgan fingerprint density at radius 3 is 2.56 bits per heavy atom. The Hall–Kier alpha value is -2.66. The molecule has 0 bridgehead atoms. The Morgan fingerprint density at radius 1 is 1.08 bits per heavy atom. The van der Waals surface area contributed by atoms with Gasteiger partial charge in [0.25, 0.3) is 0 Å². The molecule has 0 saturated carbocycles. The fraction of sp³-hybridized carbons (Fsp3) is 0.300. The standard InChI is InChI=1S/C20H21NO4/c22-19(11-10-15-6-4-5-9-17(15)20(23)24)21-12-13-25-18(14-21)16-7-2-1-3-8-16/h1-9,18H,10-14H2,(H,23,24). The largest absolute Gasteiger partial charge is 0.478 e. The Labute approximate surface area is 146 Å². The number of ether oxygens (including phenoxy) is 1. The van der Waals surface area contributed by atoms with Gasteiger partial charge < -0.3 is 14.7 Å². The number of carboxylic acid groups (broad SMARTS) is 1. The lowest BCUT2D eigenvalue weighted by molar-refractivity contribution is -0.139. The molecular weight excluding hydrogens is 318 g/mol. The highest BCUT2D eigenvalue weighted by Crippen LogP contribution is 2.22. The lowest BCUT2D eigenvalue weighted by atomic mass is 10.0. The molecule has 1 N–H and O–H groups in total. The van der Waals surface area contributed by atoms with Crippen LogP contribution in [0.5, 0.6) is 0 Å². The molecule has 1 unspecified atom stereocenters. The number of hydrogen-bond donors (Lipinski definition) is 1. The second-order valence-electron chi connectivity index (χ2n) is 6.07. The van der Waals surface area contributed by atoms with Gasteiger partial charge >= 0.3 is 5.97 Å². The highest BCUT2D eigenvalue weighted by atomic mass is 16.5. The highest BCUT2D eigenvalue weighted by Gasteiger charge is 2.25. The van der Waals surface area contributed by atoms with E-state index < -0.39 is 5.97 Å². The first-order chi connectivity index (χ1) is 12.1. The number of rotatable bonds is 5. The van der Waals surface area contributed by atoms with Crippen LogP contribution in [0.1, 0.15) is 34.0 Å². The Morgan fingerprint density at radius 2 is 1.80 bits per heavy atom. The summed E-state index contributed by atoms with van der Waals surface area (Å²) in [6, 6.07) is 16.7. The molecule has 1 heterocycles. The number of carbonyl (C=O) groups is 2. The van der Waals surface area contributed by atoms with E-state index in [-0.39, 0.29) is 17.6 Å². The molecule has 1 atom stereocenters. The first-order valence-corrected chi connectivity index (χ1v) is 8.40. The summed E-state index contributed by atoms with van der Waals surface area (Å²) >= 11 is 0. The third-order valence-corrected chi connectivity index (χ3v) is 4.45. The van der Waals surface area contributed by atoms with Crippen LogP contribution in [0.3, 0.4) is 0 Å². The van der Waals surface area contributed by atoms with Gasteiger partial charge in [0.2, 0.25) is 5.91 Å². The third-order valence-electron chi connectivity index (χ3n) is 4.45. The molecule has 1 aliphatic heterocycles. The van der Waals surface area contributed by atoms with Crippen LogP contribution in [0.2, 0.25) is 0 Å². The van der Waals surface area contributed by atoms with Crippen LogP contribution in [0.25, 0.3) is 0 Å². The van der Waals surface area contributed by atoms with Crippen LogP contribution in [-0.2, 0) is 16.0 Å². The summed E-state index contributed by atoms with van der Waals surface area (Å²) < 4.78 is 5.79. The van der Waals surface area contributed by atoms with Gasteiger partial charge in [0.1, 0.15) is 6.10 Å². The zero-order valence-electron chi connectivity index (χ0n) is 13.9. The molecule has 25 heavy (non-hydrogen) atoms. The molecule has 130 valence electrons. The van der Waals surface area contributed by atoms with Crippen LogP contribution in [0.4, 0.5) is 0 Å². The molecule has 0 radical (unpaired) electrons. The van der Waals surface area contributed by atoms with Crippen LogP contribution in [0, 0.1) is 0 Å². The molecule has 2 aromatic carbocycles. The van der Waals surface area contributed by atoms with Gasteiger partial charge in [0.05, 0.1) is 18.7 Å². The zero-order chi connectivity index (χ0) is 17.6. The van der Waals surface area contributed by atoms with Crippen molar-refractivity contribution < 1.29 is 19.4 Å². The molecule has 1 saturated heterocycles. The molecule has 2 aromatic rings. The second kappa shape index (κ2) is 7.94. The van der Waals surface area contributed by atoms with E-state index in [2.05, 4.69) is 0 Å². The Balaban J connectivity index is 1.61. The summed E-state index contributed by atoms with van der Waals surface area (Å²) in [6.45, 7) is 1.61. The van der Waals surface area contributed by atoms with E-state index in [0.717, 1.165) is 5.56 Å². The molecule has 0 aromatic heterocycles. The summed E-state index contributed by atoms with van der Waals surface area (Å²) in [7, 11) is 0. The number of aryl methyl sites for hydroxylation is 1. The predicted molar refractivity (Wildman–Crippen MR) is 93.4 cm³/mol. The maximum absolute atomic E-state index is 12.6. The van der Waals surface area contributed by atoms with Crippen molar-refractivity contribution in [2.45, 2.75) is 18.9 Å². The van der Waals surface area contributed by atoms with Gasteiger partial charge in [0, 0.05) is 13.0 Å². The van der Waals surface area contributed by atoms with Gasteiger partial charge in [-0.25, -0.2) is 4.79 Å². The number of carbonyl (C=O) groups excluding carboxylic acids is 1. The minimum atomic E-state index is -0.960. The average molecular weight is 339 g/mol. The molecule has 1 amide bonds. The van der Waals surface area contributed by atoms with Gasteiger partial charge in [0.15, 0.2) is 0 Å². The lowest BCUT2D eigenvalue weighted by Crippen LogP contribution is -2.42.